The molecule has 1 aromatic heterocycles. The molecule has 15 heavy (non-hydrogen) atoms. The van der Waals surface area contributed by atoms with E-state index in [1.165, 1.54) is 6.33 Å². The van der Waals surface area contributed by atoms with Crippen molar-refractivity contribution in [1.82, 2.24) is 14.9 Å². The third-order valence-electron chi connectivity index (χ3n) is 2.53. The average Bonchev–Trinajstić information content (AvgIpc) is 2.59. The van der Waals surface area contributed by atoms with E-state index in [2.05, 4.69) is 27.2 Å². The monoisotopic (exact) mass is 228 g/mol. The lowest BCUT2D eigenvalue weighted by Gasteiger charge is -2.13. The summed E-state index contributed by atoms with van der Waals surface area (Å²) in [7, 11) is 2.06. The second-order valence-corrected chi connectivity index (χ2v) is 4.16. The molecule has 1 fully saturated rings. The standard InChI is InChI=1S/C9H13ClN4O/c1-14-3-2-6(4-14)13-8-7(10)9(15)12-5-11-8/h5-6H,2-4H2,1H3,(H2,11,12,13,15). The predicted molar refractivity (Wildman–Crippen MR) is 59.4 cm³/mol. The van der Waals surface area contributed by atoms with Gasteiger partial charge < -0.3 is 15.2 Å². The number of aromatic amines is 1. The van der Waals surface area contributed by atoms with Crippen molar-refractivity contribution < 1.29 is 0 Å². The number of nitrogens with zero attached hydrogens (tertiary/aromatic N) is 2. The van der Waals surface area contributed by atoms with Crippen molar-refractivity contribution in [2.45, 2.75) is 12.5 Å². The van der Waals surface area contributed by atoms with Gasteiger partial charge in [-0.25, -0.2) is 4.98 Å². The minimum absolute atomic E-state index is 0.132. The van der Waals surface area contributed by atoms with E-state index in [4.69, 9.17) is 11.6 Å². The zero-order valence-electron chi connectivity index (χ0n) is 8.46. The second-order valence-electron chi connectivity index (χ2n) is 3.79. The topological polar surface area (TPSA) is 61.0 Å². The van der Waals surface area contributed by atoms with Crippen LogP contribution < -0.4 is 10.9 Å². The Hall–Kier alpha value is -1.07. The van der Waals surface area contributed by atoms with Gasteiger partial charge >= 0.3 is 0 Å². The summed E-state index contributed by atoms with van der Waals surface area (Å²) in [6, 6.07) is 0.321. The minimum atomic E-state index is -0.305. The van der Waals surface area contributed by atoms with Crippen molar-refractivity contribution in [3.05, 3.63) is 21.7 Å². The SMILES string of the molecule is CN1CCC(Nc2nc[nH]c(=O)c2Cl)C1. The van der Waals surface area contributed by atoms with Gasteiger partial charge in [-0.1, -0.05) is 11.6 Å². The van der Waals surface area contributed by atoms with E-state index < -0.39 is 0 Å². The van der Waals surface area contributed by atoms with Gasteiger partial charge in [0.2, 0.25) is 0 Å². The Morgan fingerprint density at radius 3 is 3.20 bits per heavy atom. The Kier molecular flexibility index (Phi) is 2.93. The molecule has 82 valence electrons. The maximum absolute atomic E-state index is 11.2. The fourth-order valence-electron chi connectivity index (χ4n) is 1.73. The Labute approximate surface area is 92.5 Å². The van der Waals surface area contributed by atoms with Gasteiger partial charge in [0.15, 0.2) is 5.82 Å². The highest BCUT2D eigenvalue weighted by molar-refractivity contribution is 6.32. The molecule has 1 aromatic rings. The first kappa shape index (κ1) is 10.4. The number of likely N-dealkylation sites (tertiary alicyclic amines) is 1. The highest BCUT2D eigenvalue weighted by atomic mass is 35.5. The number of hydrogen-bond donors (Lipinski definition) is 2. The number of hydrogen-bond acceptors (Lipinski definition) is 4. The van der Waals surface area contributed by atoms with Crippen molar-refractivity contribution >= 4 is 17.4 Å². The van der Waals surface area contributed by atoms with E-state index in [1.54, 1.807) is 0 Å². The molecule has 5 nitrogen and oxygen atoms in total. The van der Waals surface area contributed by atoms with E-state index in [0.717, 1.165) is 19.5 Å². The van der Waals surface area contributed by atoms with Crippen LogP contribution in [0.4, 0.5) is 5.82 Å². The number of nitrogens with one attached hydrogen (secondary N) is 2. The van der Waals surface area contributed by atoms with Crippen LogP contribution in [0.1, 0.15) is 6.42 Å². The average molecular weight is 229 g/mol. The van der Waals surface area contributed by atoms with Crippen LogP contribution in [0.2, 0.25) is 5.02 Å². The molecule has 0 bridgehead atoms. The molecule has 2 N–H and O–H groups in total. The quantitative estimate of drug-likeness (QED) is 0.776. The van der Waals surface area contributed by atoms with Crippen molar-refractivity contribution in [2.75, 3.05) is 25.5 Å². The summed E-state index contributed by atoms with van der Waals surface area (Å²) >= 11 is 5.83. The molecule has 1 saturated heterocycles. The summed E-state index contributed by atoms with van der Waals surface area (Å²) in [5.41, 5.74) is -0.305. The third kappa shape index (κ3) is 2.30. The normalized spacial score (nSPS) is 21.9. The molecule has 0 aromatic carbocycles. The Bertz CT molecular complexity index is 405. The number of rotatable bonds is 2. The van der Waals surface area contributed by atoms with Gasteiger partial charge in [0.25, 0.3) is 5.56 Å². The molecule has 2 rings (SSSR count). The van der Waals surface area contributed by atoms with Crippen LogP contribution >= 0.6 is 11.6 Å². The smallest absolute Gasteiger partial charge is 0.271 e. The number of likely N-dealkylation sites (N-methyl/N-ethyl adjacent to an activating group) is 1. The lowest BCUT2D eigenvalue weighted by molar-refractivity contribution is 0.414. The lowest BCUT2D eigenvalue weighted by Crippen LogP contribution is -2.25. The number of anilines is 1. The molecule has 0 aliphatic carbocycles. The van der Waals surface area contributed by atoms with E-state index >= 15 is 0 Å². The lowest BCUT2D eigenvalue weighted by atomic mass is 10.2. The summed E-state index contributed by atoms with van der Waals surface area (Å²) in [6.45, 7) is 2.00. The van der Waals surface area contributed by atoms with Crippen LogP contribution in [0.5, 0.6) is 0 Å². The molecule has 6 heteroatoms. The summed E-state index contributed by atoms with van der Waals surface area (Å²) in [4.78, 5) is 19.9. The zero-order valence-corrected chi connectivity index (χ0v) is 9.21. The van der Waals surface area contributed by atoms with Crippen LogP contribution in [0.3, 0.4) is 0 Å². The van der Waals surface area contributed by atoms with Gasteiger partial charge in [-0.2, -0.15) is 0 Å². The van der Waals surface area contributed by atoms with Gasteiger partial charge in [-0.15, -0.1) is 0 Å². The molecule has 0 saturated carbocycles. The van der Waals surface area contributed by atoms with Gasteiger partial charge in [0, 0.05) is 12.6 Å². The molecule has 1 atom stereocenters. The minimum Gasteiger partial charge on any atom is -0.365 e. The van der Waals surface area contributed by atoms with Crippen LogP contribution in [-0.4, -0.2) is 41.0 Å². The van der Waals surface area contributed by atoms with Crippen LogP contribution in [-0.2, 0) is 0 Å². The summed E-state index contributed by atoms with van der Waals surface area (Å²) in [6.07, 6.45) is 2.40. The summed E-state index contributed by atoms with van der Waals surface area (Å²) in [5.74, 6) is 0.473. The van der Waals surface area contributed by atoms with Gasteiger partial charge in [-0.05, 0) is 20.0 Å². The van der Waals surface area contributed by atoms with E-state index in [1.807, 2.05) is 0 Å². The molecule has 0 spiro atoms. The number of aromatic nitrogens is 2. The van der Waals surface area contributed by atoms with E-state index in [9.17, 15) is 4.79 Å². The summed E-state index contributed by atoms with van der Waals surface area (Å²) in [5, 5.41) is 3.31. The highest BCUT2D eigenvalue weighted by Gasteiger charge is 2.20. The van der Waals surface area contributed by atoms with Crippen LogP contribution in [0.25, 0.3) is 0 Å². The first-order chi connectivity index (χ1) is 7.16. The first-order valence-electron chi connectivity index (χ1n) is 4.85. The molecule has 1 aliphatic rings. The maximum Gasteiger partial charge on any atom is 0.271 e. The third-order valence-corrected chi connectivity index (χ3v) is 2.88. The molecule has 2 heterocycles. The number of halogens is 1. The molecule has 0 radical (unpaired) electrons. The molecular weight excluding hydrogens is 216 g/mol. The maximum atomic E-state index is 11.2. The van der Waals surface area contributed by atoms with Crippen molar-refractivity contribution in [1.29, 1.82) is 0 Å². The molecule has 1 aliphatic heterocycles. The highest BCUT2D eigenvalue weighted by Crippen LogP contribution is 2.17. The van der Waals surface area contributed by atoms with Crippen LogP contribution in [0.15, 0.2) is 11.1 Å². The Morgan fingerprint density at radius 1 is 1.73 bits per heavy atom. The molecular formula is C9H13ClN4O. The zero-order chi connectivity index (χ0) is 10.8. The Balaban J connectivity index is 2.11. The molecule has 1 unspecified atom stereocenters. The fourth-order valence-corrected chi connectivity index (χ4v) is 1.89. The molecule has 0 amide bonds. The summed E-state index contributed by atoms with van der Waals surface area (Å²) < 4.78 is 0. The van der Waals surface area contributed by atoms with E-state index in [0.29, 0.717) is 11.9 Å². The fraction of sp³-hybridized carbons (Fsp3) is 0.556. The van der Waals surface area contributed by atoms with Gasteiger partial charge in [0.1, 0.15) is 5.02 Å². The van der Waals surface area contributed by atoms with Crippen molar-refractivity contribution in [2.24, 2.45) is 0 Å². The number of H-pyrrole nitrogens is 1. The van der Waals surface area contributed by atoms with E-state index in [-0.39, 0.29) is 10.6 Å². The van der Waals surface area contributed by atoms with Crippen LogP contribution in [0, 0.1) is 0 Å². The first-order valence-corrected chi connectivity index (χ1v) is 5.23. The largest absolute Gasteiger partial charge is 0.365 e. The Morgan fingerprint density at radius 2 is 2.53 bits per heavy atom. The second kappa shape index (κ2) is 4.20. The van der Waals surface area contributed by atoms with Gasteiger partial charge in [0.05, 0.1) is 6.33 Å². The predicted octanol–water partition coefficient (Wildman–Crippen LogP) is 0.539. The van der Waals surface area contributed by atoms with Crippen molar-refractivity contribution in [3.63, 3.8) is 0 Å². The van der Waals surface area contributed by atoms with Gasteiger partial charge in [-0.3, -0.25) is 4.79 Å². The van der Waals surface area contributed by atoms with Crippen molar-refractivity contribution in [3.8, 4) is 0 Å².